The van der Waals surface area contributed by atoms with Crippen LogP contribution in [-0.2, 0) is 18.5 Å². The van der Waals surface area contributed by atoms with Crippen LogP contribution in [0, 0.1) is 11.6 Å². The van der Waals surface area contributed by atoms with Gasteiger partial charge in [-0.1, -0.05) is 12.1 Å². The van der Waals surface area contributed by atoms with Gasteiger partial charge in [0.15, 0.2) is 5.82 Å². The summed E-state index contributed by atoms with van der Waals surface area (Å²) in [4.78, 5) is 0.222. The van der Waals surface area contributed by atoms with Crippen molar-refractivity contribution in [2.75, 3.05) is 0 Å². The molecule has 0 saturated heterocycles. The Morgan fingerprint density at radius 1 is 1.04 bits per heavy atom. The number of nitrogens with zero attached hydrogens (tertiary/aromatic N) is 4. The van der Waals surface area contributed by atoms with Crippen molar-refractivity contribution >= 4 is 11.8 Å². The third-order valence-corrected chi connectivity index (χ3v) is 4.49. The molecule has 136 valence electrons. The van der Waals surface area contributed by atoms with Crippen LogP contribution in [0.25, 0.3) is 0 Å². The summed E-state index contributed by atoms with van der Waals surface area (Å²) >= 11 is 1.06. The van der Waals surface area contributed by atoms with E-state index in [2.05, 4.69) is 15.5 Å². The van der Waals surface area contributed by atoms with E-state index in [1.54, 1.807) is 0 Å². The molecule has 0 amide bonds. The zero-order valence-corrected chi connectivity index (χ0v) is 13.9. The zero-order valence-electron chi connectivity index (χ0n) is 13.0. The summed E-state index contributed by atoms with van der Waals surface area (Å²) in [7, 11) is 0. The normalized spacial score (nSPS) is 11.7. The Balaban J connectivity index is 1.73. The maximum Gasteiger partial charge on any atom is 0.416 e. The van der Waals surface area contributed by atoms with E-state index in [9.17, 15) is 22.0 Å². The van der Waals surface area contributed by atoms with Crippen LogP contribution in [0.15, 0.2) is 47.4 Å². The lowest BCUT2D eigenvalue weighted by Crippen LogP contribution is -2.09. The van der Waals surface area contributed by atoms with Crippen LogP contribution in [0.4, 0.5) is 22.0 Å². The highest BCUT2D eigenvalue weighted by atomic mass is 32.2. The molecule has 0 fully saturated rings. The number of alkyl halides is 3. The van der Waals surface area contributed by atoms with E-state index >= 15 is 0 Å². The van der Waals surface area contributed by atoms with Gasteiger partial charge in [-0.25, -0.2) is 13.5 Å². The van der Waals surface area contributed by atoms with E-state index in [1.165, 1.54) is 22.9 Å². The summed E-state index contributed by atoms with van der Waals surface area (Å²) in [6, 6.07) is 8.06. The quantitative estimate of drug-likeness (QED) is 0.484. The van der Waals surface area contributed by atoms with Gasteiger partial charge in [-0.15, -0.1) is 16.9 Å². The Morgan fingerprint density at radius 3 is 2.58 bits per heavy atom. The molecule has 0 bridgehead atoms. The Morgan fingerprint density at radius 2 is 1.85 bits per heavy atom. The van der Waals surface area contributed by atoms with E-state index in [0.29, 0.717) is 11.4 Å². The second-order valence-electron chi connectivity index (χ2n) is 5.31. The molecule has 0 N–H and O–H groups in total. The van der Waals surface area contributed by atoms with E-state index in [1.807, 2.05) is 0 Å². The minimum absolute atomic E-state index is 0.0404. The lowest BCUT2D eigenvalue weighted by Gasteiger charge is -2.09. The molecule has 1 aromatic heterocycles. The highest BCUT2D eigenvalue weighted by Crippen LogP contribution is 2.30. The number of halogens is 5. The second-order valence-corrected chi connectivity index (χ2v) is 6.33. The summed E-state index contributed by atoms with van der Waals surface area (Å²) in [5.74, 6) is -0.849. The molecule has 0 spiro atoms. The molecule has 0 radical (unpaired) electrons. The smallest absolute Gasteiger partial charge is 0.224 e. The minimum Gasteiger partial charge on any atom is -0.224 e. The zero-order chi connectivity index (χ0) is 18.7. The van der Waals surface area contributed by atoms with Gasteiger partial charge in [0.1, 0.15) is 11.6 Å². The van der Waals surface area contributed by atoms with Gasteiger partial charge in [-0.3, -0.25) is 0 Å². The van der Waals surface area contributed by atoms with Gasteiger partial charge in [-0.05, 0) is 40.3 Å². The average molecular weight is 386 g/mol. The van der Waals surface area contributed by atoms with Crippen molar-refractivity contribution in [3.8, 4) is 0 Å². The topological polar surface area (TPSA) is 43.6 Å². The SMILES string of the molecule is Fc1ccc(SCc2nnnn2Cc2cccc(C(F)(F)F)c2)c(F)c1. The number of aromatic nitrogens is 4. The van der Waals surface area contributed by atoms with Crippen LogP contribution in [0.1, 0.15) is 17.0 Å². The summed E-state index contributed by atoms with van der Waals surface area (Å²) in [6.07, 6.45) is -4.44. The first-order valence-corrected chi connectivity index (χ1v) is 8.30. The van der Waals surface area contributed by atoms with Crippen LogP contribution in [0.3, 0.4) is 0 Å². The van der Waals surface area contributed by atoms with Crippen LogP contribution in [0.2, 0.25) is 0 Å². The standard InChI is InChI=1S/C16H11F5N4S/c17-12-4-5-14(13(18)7-12)26-9-15-22-23-24-25(15)8-10-2-1-3-11(6-10)16(19,20)21/h1-7H,8-9H2. The van der Waals surface area contributed by atoms with Gasteiger partial charge in [0.25, 0.3) is 0 Å². The fourth-order valence-corrected chi connectivity index (χ4v) is 3.06. The van der Waals surface area contributed by atoms with Crippen molar-refractivity contribution in [1.82, 2.24) is 20.2 Å². The number of thioether (sulfide) groups is 1. The predicted molar refractivity (Wildman–Crippen MR) is 84.3 cm³/mol. The molecule has 0 aliphatic rings. The molecular weight excluding hydrogens is 375 g/mol. The summed E-state index contributed by atoms with van der Waals surface area (Å²) in [5, 5.41) is 11.1. The third kappa shape index (κ3) is 4.37. The highest BCUT2D eigenvalue weighted by Gasteiger charge is 2.30. The Kier molecular flexibility index (Phi) is 5.21. The minimum atomic E-state index is -4.44. The number of benzene rings is 2. The number of rotatable bonds is 5. The molecule has 0 aliphatic carbocycles. The van der Waals surface area contributed by atoms with Crippen LogP contribution < -0.4 is 0 Å². The first kappa shape index (κ1) is 18.3. The van der Waals surface area contributed by atoms with Gasteiger partial charge in [0.2, 0.25) is 0 Å². The van der Waals surface area contributed by atoms with Crippen molar-refractivity contribution in [3.63, 3.8) is 0 Å². The predicted octanol–water partition coefficient (Wildman–Crippen LogP) is 4.31. The maximum atomic E-state index is 13.7. The van der Waals surface area contributed by atoms with Crippen molar-refractivity contribution in [2.45, 2.75) is 23.4 Å². The Bertz CT molecular complexity index is 910. The maximum absolute atomic E-state index is 13.7. The first-order valence-electron chi connectivity index (χ1n) is 7.32. The lowest BCUT2D eigenvalue weighted by atomic mass is 10.1. The molecule has 26 heavy (non-hydrogen) atoms. The van der Waals surface area contributed by atoms with E-state index in [4.69, 9.17) is 0 Å². The monoisotopic (exact) mass is 386 g/mol. The third-order valence-electron chi connectivity index (χ3n) is 3.44. The number of hydrogen-bond acceptors (Lipinski definition) is 4. The fourth-order valence-electron chi connectivity index (χ4n) is 2.20. The van der Waals surface area contributed by atoms with Crippen LogP contribution >= 0.6 is 11.8 Å². The Hall–Kier alpha value is -2.49. The van der Waals surface area contributed by atoms with Crippen molar-refractivity contribution in [2.24, 2.45) is 0 Å². The molecule has 3 rings (SSSR count). The highest BCUT2D eigenvalue weighted by molar-refractivity contribution is 7.98. The van der Waals surface area contributed by atoms with Gasteiger partial charge in [0, 0.05) is 11.0 Å². The molecule has 0 atom stereocenters. The second kappa shape index (κ2) is 7.40. The van der Waals surface area contributed by atoms with Gasteiger partial charge < -0.3 is 0 Å². The van der Waals surface area contributed by atoms with Crippen LogP contribution in [-0.4, -0.2) is 20.2 Å². The molecule has 0 unspecified atom stereocenters. The summed E-state index contributed by atoms with van der Waals surface area (Å²) in [6.45, 7) is 0.0404. The van der Waals surface area contributed by atoms with E-state index < -0.39 is 23.4 Å². The summed E-state index contributed by atoms with van der Waals surface area (Å²) in [5.41, 5.74) is -0.376. The van der Waals surface area contributed by atoms with E-state index in [0.717, 1.165) is 36.0 Å². The van der Waals surface area contributed by atoms with Crippen molar-refractivity contribution < 1.29 is 22.0 Å². The molecule has 3 aromatic rings. The molecular formula is C16H11F5N4S. The number of hydrogen-bond donors (Lipinski definition) is 0. The molecule has 10 heteroatoms. The average Bonchev–Trinajstić information content (AvgIpc) is 3.01. The molecule has 1 heterocycles. The van der Waals surface area contributed by atoms with Gasteiger partial charge in [0.05, 0.1) is 17.9 Å². The first-order chi connectivity index (χ1) is 12.3. The lowest BCUT2D eigenvalue weighted by molar-refractivity contribution is -0.137. The van der Waals surface area contributed by atoms with Crippen molar-refractivity contribution in [3.05, 3.63) is 71.1 Å². The fraction of sp³-hybridized carbons (Fsp3) is 0.188. The van der Waals surface area contributed by atoms with Crippen LogP contribution in [0.5, 0.6) is 0 Å². The van der Waals surface area contributed by atoms with Gasteiger partial charge in [-0.2, -0.15) is 13.2 Å². The summed E-state index contributed by atoms with van der Waals surface area (Å²) < 4.78 is 66.3. The molecule has 0 aliphatic heterocycles. The largest absolute Gasteiger partial charge is 0.416 e. The number of tetrazole rings is 1. The van der Waals surface area contributed by atoms with Gasteiger partial charge >= 0.3 is 6.18 Å². The molecule has 2 aromatic carbocycles. The molecule has 0 saturated carbocycles. The Labute approximate surface area is 149 Å². The van der Waals surface area contributed by atoms with Crippen molar-refractivity contribution in [1.29, 1.82) is 0 Å². The van der Waals surface area contributed by atoms with E-state index in [-0.39, 0.29) is 17.2 Å². The molecule has 4 nitrogen and oxygen atoms in total.